The molecule has 3 heterocycles. The molecule has 0 saturated carbocycles. The van der Waals surface area contributed by atoms with Gasteiger partial charge in [0.2, 0.25) is 0 Å². The molecule has 182 valence electrons. The van der Waals surface area contributed by atoms with Gasteiger partial charge in [-0.1, -0.05) is 0 Å². The van der Waals surface area contributed by atoms with E-state index in [9.17, 15) is 34.4 Å². The highest BCUT2D eigenvalue weighted by molar-refractivity contribution is 7.54. The highest BCUT2D eigenvalue weighted by Gasteiger charge is 2.47. The molecule has 7 atom stereocenters. The molecule has 2 aromatic rings. The van der Waals surface area contributed by atoms with Crippen molar-refractivity contribution in [3.63, 3.8) is 0 Å². The molecule has 0 aromatic carbocycles. The van der Waals surface area contributed by atoms with Crippen LogP contribution in [0, 0.1) is 0 Å². The van der Waals surface area contributed by atoms with E-state index in [0.29, 0.717) is 0 Å². The summed E-state index contributed by atoms with van der Waals surface area (Å²) in [5, 5.41) is 38.8. The number of rotatable bonds is 10. The third-order valence-corrected chi connectivity index (χ3v) is 6.96. The maximum Gasteiger partial charge on any atom is 0.342 e. The fourth-order valence-electron chi connectivity index (χ4n) is 3.31. The second kappa shape index (κ2) is 9.64. The van der Waals surface area contributed by atoms with Crippen molar-refractivity contribution < 1.29 is 48.7 Å². The van der Waals surface area contributed by atoms with Crippen molar-refractivity contribution in [2.75, 3.05) is 12.3 Å². The standard InChI is InChI=1S/C16H23N6O10P/c17-6(15(25)26)1-2-8(16(27)28)33(29,30)31-3-7-10(23)11(24)14(32-7)22-5-21-9-12(18)19-4-20-13(9)22/h4-8,10-11,14,23-24H,1-3,17H2,(H,25,26)(H,27,28)(H,29,30)(H2,18,19,20)/t6?,7-,8?,10-,11-,14-/m1/s1. The van der Waals surface area contributed by atoms with E-state index in [1.807, 2.05) is 0 Å². The van der Waals surface area contributed by atoms with Gasteiger partial charge in [0.05, 0.1) is 12.9 Å². The van der Waals surface area contributed by atoms with Crippen LogP contribution in [0.3, 0.4) is 0 Å². The summed E-state index contributed by atoms with van der Waals surface area (Å²) in [6, 6.07) is -1.43. The van der Waals surface area contributed by atoms with Gasteiger partial charge in [-0.25, -0.2) is 15.0 Å². The van der Waals surface area contributed by atoms with Crippen LogP contribution in [0.25, 0.3) is 11.2 Å². The SMILES string of the molecule is Nc1ncnc2c1ncn2[C@@H]1O[C@H](COP(=O)(O)C(CCC(N)C(=O)O)C(=O)O)[C@@H](O)[C@H]1O. The molecule has 17 heteroatoms. The van der Waals surface area contributed by atoms with Gasteiger partial charge in [-0.05, 0) is 12.8 Å². The Labute approximate surface area is 185 Å². The number of fused-ring (bicyclic) bond motifs is 1. The van der Waals surface area contributed by atoms with E-state index >= 15 is 0 Å². The average molecular weight is 490 g/mol. The quantitative estimate of drug-likeness (QED) is 0.175. The van der Waals surface area contributed by atoms with Crippen molar-refractivity contribution >= 4 is 36.5 Å². The summed E-state index contributed by atoms with van der Waals surface area (Å²) in [6.45, 7) is -0.749. The third-order valence-electron chi connectivity index (χ3n) is 5.17. The second-order valence-electron chi connectivity index (χ2n) is 7.37. The first-order valence-electron chi connectivity index (χ1n) is 9.56. The van der Waals surface area contributed by atoms with Gasteiger partial charge < -0.3 is 46.0 Å². The molecule has 1 fully saturated rings. The van der Waals surface area contributed by atoms with Gasteiger partial charge in [0, 0.05) is 0 Å². The minimum atomic E-state index is -4.85. The van der Waals surface area contributed by atoms with E-state index in [1.54, 1.807) is 0 Å². The highest BCUT2D eigenvalue weighted by atomic mass is 31.2. The van der Waals surface area contributed by atoms with Crippen LogP contribution in [0.5, 0.6) is 0 Å². The molecule has 0 spiro atoms. The Morgan fingerprint density at radius 1 is 1.18 bits per heavy atom. The summed E-state index contributed by atoms with van der Waals surface area (Å²) in [7, 11) is -4.85. The molecule has 2 aromatic heterocycles. The molecular formula is C16H23N6O10P. The number of nitrogens with two attached hydrogens (primary N) is 2. The number of nitrogens with zero attached hydrogens (tertiary/aromatic N) is 4. The number of aliphatic hydroxyl groups is 2. The number of imidazole rings is 1. The Kier molecular flexibility index (Phi) is 7.28. The number of aliphatic hydroxyl groups excluding tert-OH is 2. The van der Waals surface area contributed by atoms with Crippen LogP contribution >= 0.6 is 7.60 Å². The molecule has 0 bridgehead atoms. The zero-order valence-electron chi connectivity index (χ0n) is 16.9. The number of carboxylic acids is 2. The Balaban J connectivity index is 1.70. The Bertz CT molecular complexity index is 1080. The predicted molar refractivity (Wildman–Crippen MR) is 108 cm³/mol. The number of hydrogen-bond acceptors (Lipinski definition) is 12. The van der Waals surface area contributed by atoms with Crippen LogP contribution in [0.1, 0.15) is 19.1 Å². The van der Waals surface area contributed by atoms with Crippen molar-refractivity contribution in [1.29, 1.82) is 0 Å². The minimum absolute atomic E-state index is 0.0789. The fraction of sp³-hybridized carbons (Fsp3) is 0.562. The van der Waals surface area contributed by atoms with E-state index in [4.69, 9.17) is 25.8 Å². The van der Waals surface area contributed by atoms with Crippen molar-refractivity contribution in [3.8, 4) is 0 Å². The van der Waals surface area contributed by atoms with Gasteiger partial charge in [-0.3, -0.25) is 18.7 Å². The van der Waals surface area contributed by atoms with E-state index in [2.05, 4.69) is 15.0 Å². The lowest BCUT2D eigenvalue weighted by atomic mass is 10.1. The number of hydrogen-bond donors (Lipinski definition) is 7. The smallest absolute Gasteiger partial charge is 0.342 e. The first-order valence-corrected chi connectivity index (χ1v) is 11.2. The van der Waals surface area contributed by atoms with Gasteiger partial charge >= 0.3 is 19.5 Å². The molecule has 3 unspecified atom stereocenters. The van der Waals surface area contributed by atoms with Gasteiger partial charge in [-0.2, -0.15) is 0 Å². The molecule has 3 rings (SSSR count). The van der Waals surface area contributed by atoms with E-state index in [-0.39, 0.29) is 23.4 Å². The fourth-order valence-corrected chi connectivity index (χ4v) is 4.61. The molecule has 1 aliphatic heterocycles. The molecular weight excluding hydrogens is 467 g/mol. The van der Waals surface area contributed by atoms with Crippen LogP contribution in [0.4, 0.5) is 5.82 Å². The molecule has 1 saturated heterocycles. The molecule has 0 amide bonds. The predicted octanol–water partition coefficient (Wildman–Crippen LogP) is -2.12. The number of ether oxygens (including phenoxy) is 1. The normalized spacial score (nSPS) is 26.7. The molecule has 1 aliphatic rings. The first-order chi connectivity index (χ1) is 15.4. The Hall–Kier alpha value is -2.72. The van der Waals surface area contributed by atoms with Crippen molar-refractivity contribution in [3.05, 3.63) is 12.7 Å². The van der Waals surface area contributed by atoms with Crippen LogP contribution in [-0.2, 0) is 23.4 Å². The van der Waals surface area contributed by atoms with Crippen LogP contribution in [0.2, 0.25) is 0 Å². The number of carbonyl (C=O) groups is 2. The van der Waals surface area contributed by atoms with Gasteiger partial charge in [0.15, 0.2) is 23.4 Å². The van der Waals surface area contributed by atoms with Crippen LogP contribution < -0.4 is 11.5 Å². The van der Waals surface area contributed by atoms with Gasteiger partial charge in [-0.15, -0.1) is 0 Å². The Morgan fingerprint density at radius 2 is 1.88 bits per heavy atom. The zero-order valence-corrected chi connectivity index (χ0v) is 17.8. The zero-order chi connectivity index (χ0) is 24.5. The summed E-state index contributed by atoms with van der Waals surface area (Å²) in [6.07, 6.45) is -4.14. The molecule has 33 heavy (non-hydrogen) atoms. The molecule has 0 aliphatic carbocycles. The van der Waals surface area contributed by atoms with Crippen molar-refractivity contribution in [2.24, 2.45) is 5.73 Å². The van der Waals surface area contributed by atoms with E-state index in [1.165, 1.54) is 17.2 Å². The summed E-state index contributed by atoms with van der Waals surface area (Å²) in [4.78, 5) is 44.2. The average Bonchev–Trinajstić information content (AvgIpc) is 3.28. The lowest BCUT2D eigenvalue weighted by molar-refractivity contribution is -0.140. The Morgan fingerprint density at radius 3 is 2.52 bits per heavy atom. The van der Waals surface area contributed by atoms with Crippen molar-refractivity contribution in [1.82, 2.24) is 19.5 Å². The third kappa shape index (κ3) is 5.11. The summed E-state index contributed by atoms with van der Waals surface area (Å²) in [5.41, 5.74) is 9.51. The molecule has 16 nitrogen and oxygen atoms in total. The number of anilines is 1. The van der Waals surface area contributed by atoms with Crippen molar-refractivity contribution in [2.45, 2.75) is 49.1 Å². The maximum absolute atomic E-state index is 12.5. The topological polar surface area (TPSA) is 266 Å². The summed E-state index contributed by atoms with van der Waals surface area (Å²) < 4.78 is 24.3. The van der Waals surface area contributed by atoms with E-state index < -0.39 is 68.8 Å². The molecule has 0 radical (unpaired) electrons. The first kappa shape index (κ1) is 24.9. The largest absolute Gasteiger partial charge is 0.481 e. The van der Waals surface area contributed by atoms with Crippen LogP contribution in [-0.4, -0.2) is 93.4 Å². The van der Waals surface area contributed by atoms with Gasteiger partial charge in [0.25, 0.3) is 0 Å². The minimum Gasteiger partial charge on any atom is -0.481 e. The second-order valence-corrected chi connectivity index (χ2v) is 9.38. The van der Waals surface area contributed by atoms with E-state index in [0.717, 1.165) is 0 Å². The maximum atomic E-state index is 12.5. The van der Waals surface area contributed by atoms with Crippen LogP contribution in [0.15, 0.2) is 12.7 Å². The number of aliphatic carboxylic acids is 2. The molecule has 9 N–H and O–H groups in total. The lowest BCUT2D eigenvalue weighted by Crippen LogP contribution is -2.35. The monoisotopic (exact) mass is 490 g/mol. The number of nitrogen functional groups attached to an aromatic ring is 1. The highest BCUT2D eigenvalue weighted by Crippen LogP contribution is 2.50. The number of carboxylic acid groups (broad SMARTS) is 2. The lowest BCUT2D eigenvalue weighted by Gasteiger charge is -2.22. The number of aromatic nitrogens is 4. The summed E-state index contributed by atoms with van der Waals surface area (Å²) in [5.74, 6) is -3.00. The summed E-state index contributed by atoms with van der Waals surface area (Å²) >= 11 is 0. The van der Waals surface area contributed by atoms with Gasteiger partial charge in [0.1, 0.15) is 36.2 Å².